The molecule has 2 aromatic rings. The summed E-state index contributed by atoms with van der Waals surface area (Å²) in [6.07, 6.45) is 1.13. The van der Waals surface area contributed by atoms with Crippen molar-refractivity contribution in [1.29, 1.82) is 0 Å². The van der Waals surface area contributed by atoms with Crippen LogP contribution in [-0.4, -0.2) is 10.1 Å². The van der Waals surface area contributed by atoms with Gasteiger partial charge in [0.1, 0.15) is 0 Å². The molecule has 0 saturated heterocycles. The van der Waals surface area contributed by atoms with Gasteiger partial charge in [-0.15, -0.1) is 0 Å². The fourth-order valence-electron chi connectivity index (χ4n) is 2.19. The zero-order valence-electron chi connectivity index (χ0n) is 12.7. The Balaban J connectivity index is 1.90. The normalized spacial score (nSPS) is 12.8. The molecule has 2 rings (SSSR count). The van der Waals surface area contributed by atoms with Crippen molar-refractivity contribution in [2.45, 2.75) is 46.7 Å². The van der Waals surface area contributed by atoms with E-state index in [1.165, 1.54) is 11.1 Å². The van der Waals surface area contributed by atoms with Gasteiger partial charge in [0, 0.05) is 13.0 Å². The van der Waals surface area contributed by atoms with Crippen LogP contribution < -0.4 is 5.32 Å². The van der Waals surface area contributed by atoms with Crippen LogP contribution in [-0.2, 0) is 13.0 Å². The number of nitrogens with one attached hydrogen (secondary N) is 1. The SMILES string of the molecule is Cc1nc(CNC(C)c2ccc(CC(C)C)cc2)no1. The molecule has 4 nitrogen and oxygen atoms in total. The molecule has 0 aliphatic rings. The number of hydrogen-bond acceptors (Lipinski definition) is 4. The first kappa shape index (κ1) is 14.7. The average Bonchev–Trinajstić information content (AvgIpc) is 2.82. The number of benzene rings is 1. The summed E-state index contributed by atoms with van der Waals surface area (Å²) in [6, 6.07) is 9.08. The summed E-state index contributed by atoms with van der Waals surface area (Å²) in [6.45, 7) is 9.04. The number of aryl methyl sites for hydroxylation is 1. The van der Waals surface area contributed by atoms with Crippen LogP contribution in [0, 0.1) is 12.8 Å². The van der Waals surface area contributed by atoms with Crippen LogP contribution in [0.25, 0.3) is 0 Å². The fraction of sp³-hybridized carbons (Fsp3) is 0.500. The summed E-state index contributed by atoms with van der Waals surface area (Å²) in [5.74, 6) is 2.00. The van der Waals surface area contributed by atoms with Gasteiger partial charge >= 0.3 is 0 Å². The molecule has 0 bridgehead atoms. The number of nitrogens with zero attached hydrogens (tertiary/aromatic N) is 2. The van der Waals surface area contributed by atoms with Gasteiger partial charge in [-0.25, -0.2) is 0 Å². The smallest absolute Gasteiger partial charge is 0.223 e. The molecule has 1 heterocycles. The van der Waals surface area contributed by atoms with Crippen LogP contribution >= 0.6 is 0 Å². The molecule has 0 spiro atoms. The Morgan fingerprint density at radius 3 is 2.40 bits per heavy atom. The van der Waals surface area contributed by atoms with Crippen molar-refractivity contribution in [2.24, 2.45) is 5.92 Å². The molecule has 1 aromatic heterocycles. The highest BCUT2D eigenvalue weighted by Gasteiger charge is 2.08. The minimum atomic E-state index is 0.266. The van der Waals surface area contributed by atoms with E-state index in [0.717, 1.165) is 6.42 Å². The highest BCUT2D eigenvalue weighted by atomic mass is 16.5. The van der Waals surface area contributed by atoms with E-state index in [0.29, 0.717) is 24.2 Å². The van der Waals surface area contributed by atoms with Gasteiger partial charge in [0.15, 0.2) is 5.82 Å². The Kier molecular flexibility index (Phi) is 4.90. The highest BCUT2D eigenvalue weighted by Crippen LogP contribution is 2.15. The maximum atomic E-state index is 4.95. The van der Waals surface area contributed by atoms with Crippen LogP contribution in [0.1, 0.15) is 49.7 Å². The maximum Gasteiger partial charge on any atom is 0.223 e. The highest BCUT2D eigenvalue weighted by molar-refractivity contribution is 5.25. The van der Waals surface area contributed by atoms with Gasteiger partial charge in [-0.2, -0.15) is 4.98 Å². The largest absolute Gasteiger partial charge is 0.340 e. The molecule has 0 aliphatic heterocycles. The van der Waals surface area contributed by atoms with E-state index < -0.39 is 0 Å². The summed E-state index contributed by atoms with van der Waals surface area (Å²) in [5.41, 5.74) is 2.67. The van der Waals surface area contributed by atoms with Gasteiger partial charge in [-0.05, 0) is 30.4 Å². The Labute approximate surface area is 120 Å². The van der Waals surface area contributed by atoms with Crippen molar-refractivity contribution >= 4 is 0 Å². The van der Waals surface area contributed by atoms with E-state index in [1.54, 1.807) is 6.92 Å². The quantitative estimate of drug-likeness (QED) is 0.876. The molecule has 4 heteroatoms. The van der Waals surface area contributed by atoms with Crippen LogP contribution in [0.15, 0.2) is 28.8 Å². The van der Waals surface area contributed by atoms with Gasteiger partial charge in [0.2, 0.25) is 5.89 Å². The summed E-state index contributed by atoms with van der Waals surface area (Å²) in [7, 11) is 0. The van der Waals surface area contributed by atoms with E-state index in [-0.39, 0.29) is 6.04 Å². The van der Waals surface area contributed by atoms with Crippen molar-refractivity contribution < 1.29 is 4.52 Å². The van der Waals surface area contributed by atoms with E-state index in [9.17, 15) is 0 Å². The van der Waals surface area contributed by atoms with Gasteiger partial charge in [-0.1, -0.05) is 43.3 Å². The van der Waals surface area contributed by atoms with Crippen LogP contribution in [0.3, 0.4) is 0 Å². The summed E-state index contributed by atoms with van der Waals surface area (Å²) < 4.78 is 4.95. The maximum absolute atomic E-state index is 4.95. The standard InChI is InChI=1S/C16H23N3O/c1-11(2)9-14-5-7-15(8-6-14)12(3)17-10-16-18-13(4)20-19-16/h5-8,11-12,17H,9-10H2,1-4H3. The summed E-state index contributed by atoms with van der Waals surface area (Å²) in [5, 5.41) is 7.28. The molecule has 20 heavy (non-hydrogen) atoms. The lowest BCUT2D eigenvalue weighted by molar-refractivity contribution is 0.384. The third-order valence-corrected chi connectivity index (χ3v) is 3.26. The molecule has 1 aromatic carbocycles. The fourth-order valence-corrected chi connectivity index (χ4v) is 2.19. The van der Waals surface area contributed by atoms with Gasteiger partial charge in [0.25, 0.3) is 0 Å². The van der Waals surface area contributed by atoms with E-state index >= 15 is 0 Å². The molecule has 1 unspecified atom stereocenters. The zero-order valence-corrected chi connectivity index (χ0v) is 12.7. The van der Waals surface area contributed by atoms with E-state index in [1.807, 2.05) is 0 Å². The zero-order chi connectivity index (χ0) is 14.5. The second-order valence-corrected chi connectivity index (χ2v) is 5.67. The van der Waals surface area contributed by atoms with Crippen molar-refractivity contribution in [3.63, 3.8) is 0 Å². The average molecular weight is 273 g/mol. The first-order valence-electron chi connectivity index (χ1n) is 7.16. The minimum absolute atomic E-state index is 0.266. The van der Waals surface area contributed by atoms with E-state index in [4.69, 9.17) is 4.52 Å². The van der Waals surface area contributed by atoms with Crippen molar-refractivity contribution in [3.8, 4) is 0 Å². The summed E-state index contributed by atoms with van der Waals surface area (Å²) >= 11 is 0. The molecule has 0 saturated carbocycles. The monoisotopic (exact) mass is 273 g/mol. The van der Waals surface area contributed by atoms with Gasteiger partial charge in [-0.3, -0.25) is 0 Å². The van der Waals surface area contributed by atoms with Crippen LogP contribution in [0.2, 0.25) is 0 Å². The second-order valence-electron chi connectivity index (χ2n) is 5.67. The summed E-state index contributed by atoms with van der Waals surface area (Å²) in [4.78, 5) is 4.18. The van der Waals surface area contributed by atoms with Crippen molar-refractivity contribution in [2.75, 3.05) is 0 Å². The molecule has 0 fully saturated rings. The lowest BCUT2D eigenvalue weighted by Crippen LogP contribution is -2.18. The molecule has 1 atom stereocenters. The molecule has 1 N–H and O–H groups in total. The predicted octanol–water partition coefficient (Wildman–Crippen LogP) is 3.43. The van der Waals surface area contributed by atoms with Gasteiger partial charge in [0.05, 0.1) is 6.54 Å². The predicted molar refractivity (Wildman–Crippen MR) is 79.3 cm³/mol. The van der Waals surface area contributed by atoms with Gasteiger partial charge < -0.3 is 9.84 Å². The third-order valence-electron chi connectivity index (χ3n) is 3.26. The Bertz CT molecular complexity index is 531. The Hall–Kier alpha value is -1.68. The molecular weight excluding hydrogens is 250 g/mol. The second kappa shape index (κ2) is 6.66. The Morgan fingerprint density at radius 1 is 1.15 bits per heavy atom. The number of hydrogen-bond donors (Lipinski definition) is 1. The topological polar surface area (TPSA) is 51.0 Å². The van der Waals surface area contributed by atoms with Crippen molar-refractivity contribution in [3.05, 3.63) is 47.1 Å². The minimum Gasteiger partial charge on any atom is -0.340 e. The molecule has 0 aliphatic carbocycles. The number of aromatic nitrogens is 2. The number of rotatable bonds is 6. The first-order valence-corrected chi connectivity index (χ1v) is 7.16. The third kappa shape index (κ3) is 4.17. The molecular formula is C16H23N3O. The van der Waals surface area contributed by atoms with Crippen LogP contribution in [0.4, 0.5) is 0 Å². The lowest BCUT2D eigenvalue weighted by Gasteiger charge is -2.14. The van der Waals surface area contributed by atoms with E-state index in [2.05, 4.69) is 60.5 Å². The van der Waals surface area contributed by atoms with Crippen molar-refractivity contribution in [1.82, 2.24) is 15.5 Å². The molecule has 0 radical (unpaired) electrons. The first-order chi connectivity index (χ1) is 9.54. The van der Waals surface area contributed by atoms with Crippen LogP contribution in [0.5, 0.6) is 0 Å². The molecule has 0 amide bonds. The Morgan fingerprint density at radius 2 is 1.85 bits per heavy atom. The molecule has 108 valence electrons. The lowest BCUT2D eigenvalue weighted by atomic mass is 10.00.